The first-order chi connectivity index (χ1) is 9.60. The van der Waals surface area contributed by atoms with Crippen LogP contribution in [0.4, 0.5) is 5.82 Å². The molecule has 3 N–H and O–H groups in total. The van der Waals surface area contributed by atoms with Crippen LogP contribution >= 0.6 is 15.9 Å². The highest BCUT2D eigenvalue weighted by atomic mass is 79.9. The molecule has 0 unspecified atom stereocenters. The Kier molecular flexibility index (Phi) is 4.65. The van der Waals surface area contributed by atoms with Gasteiger partial charge in [0.2, 0.25) is 0 Å². The molecular weight excluding hydrogens is 322 g/mol. The fourth-order valence-corrected chi connectivity index (χ4v) is 2.16. The average Bonchev–Trinajstić information content (AvgIpc) is 2.46. The van der Waals surface area contributed by atoms with Crippen LogP contribution in [-0.2, 0) is 6.54 Å². The Morgan fingerprint density at radius 1 is 1.45 bits per heavy atom. The lowest BCUT2D eigenvalue weighted by molar-refractivity contribution is 0.0779. The molecule has 0 bridgehead atoms. The number of rotatable bonds is 4. The summed E-state index contributed by atoms with van der Waals surface area (Å²) in [6, 6.07) is 7.79. The van der Waals surface area contributed by atoms with Gasteiger partial charge in [-0.05, 0) is 17.7 Å². The van der Waals surface area contributed by atoms with Crippen molar-refractivity contribution in [2.75, 3.05) is 12.5 Å². The van der Waals surface area contributed by atoms with Gasteiger partial charge >= 0.3 is 0 Å². The third-order valence-electron chi connectivity index (χ3n) is 2.66. The van der Waals surface area contributed by atoms with E-state index in [0.717, 1.165) is 10.0 Å². The van der Waals surface area contributed by atoms with Gasteiger partial charge in [0.25, 0.3) is 5.91 Å². The van der Waals surface area contributed by atoms with Gasteiger partial charge in [-0.1, -0.05) is 28.1 Å². The van der Waals surface area contributed by atoms with Gasteiger partial charge in [-0.2, -0.15) is 0 Å². The summed E-state index contributed by atoms with van der Waals surface area (Å²) in [5, 5.41) is 0. The Morgan fingerprint density at radius 3 is 2.95 bits per heavy atom. The molecule has 0 fully saturated rings. The smallest absolute Gasteiger partial charge is 0.274 e. The highest BCUT2D eigenvalue weighted by Gasteiger charge is 2.14. The highest BCUT2D eigenvalue weighted by Crippen LogP contribution is 2.14. The van der Waals surface area contributed by atoms with E-state index >= 15 is 0 Å². The average molecular weight is 336 g/mol. The van der Waals surface area contributed by atoms with E-state index in [-0.39, 0.29) is 11.6 Å². The molecule has 1 aromatic heterocycles. The molecule has 0 atom stereocenters. The normalized spacial score (nSPS) is 10.2. The van der Waals surface area contributed by atoms with Gasteiger partial charge in [-0.15, -0.1) is 0 Å². The molecule has 2 aromatic rings. The van der Waals surface area contributed by atoms with Crippen LogP contribution in [0.25, 0.3) is 0 Å². The highest BCUT2D eigenvalue weighted by molar-refractivity contribution is 9.10. The van der Waals surface area contributed by atoms with E-state index in [2.05, 4.69) is 31.3 Å². The van der Waals surface area contributed by atoms with Crippen molar-refractivity contribution in [2.45, 2.75) is 6.54 Å². The van der Waals surface area contributed by atoms with Crippen LogP contribution < -0.4 is 11.3 Å². The molecule has 1 heterocycles. The second kappa shape index (κ2) is 6.44. The van der Waals surface area contributed by atoms with Crippen LogP contribution in [0.1, 0.15) is 16.1 Å². The van der Waals surface area contributed by atoms with Crippen molar-refractivity contribution in [3.05, 3.63) is 52.4 Å². The quantitative estimate of drug-likeness (QED) is 0.657. The molecule has 7 heteroatoms. The van der Waals surface area contributed by atoms with Crippen LogP contribution in [-0.4, -0.2) is 27.8 Å². The second-order valence-corrected chi connectivity index (χ2v) is 5.14. The van der Waals surface area contributed by atoms with Gasteiger partial charge in [0.1, 0.15) is 5.69 Å². The van der Waals surface area contributed by atoms with Crippen LogP contribution in [0.15, 0.2) is 41.1 Å². The SMILES string of the molecule is CN(Cc1cccc(Br)c1)C(=O)c1cncc(NN)n1. The number of halogens is 1. The summed E-state index contributed by atoms with van der Waals surface area (Å²) in [4.78, 5) is 21.8. The second-order valence-electron chi connectivity index (χ2n) is 4.23. The van der Waals surface area contributed by atoms with Gasteiger partial charge in [0, 0.05) is 18.1 Å². The van der Waals surface area contributed by atoms with Crippen molar-refractivity contribution < 1.29 is 4.79 Å². The molecule has 104 valence electrons. The summed E-state index contributed by atoms with van der Waals surface area (Å²) >= 11 is 3.40. The third-order valence-corrected chi connectivity index (χ3v) is 3.15. The zero-order valence-electron chi connectivity index (χ0n) is 10.9. The Balaban J connectivity index is 2.12. The zero-order valence-corrected chi connectivity index (χ0v) is 12.5. The Bertz CT molecular complexity index is 619. The molecule has 0 aliphatic carbocycles. The summed E-state index contributed by atoms with van der Waals surface area (Å²) in [6.45, 7) is 0.486. The van der Waals surface area contributed by atoms with Crippen molar-refractivity contribution in [3.63, 3.8) is 0 Å². The lowest BCUT2D eigenvalue weighted by Gasteiger charge is -2.17. The third kappa shape index (κ3) is 3.52. The van der Waals surface area contributed by atoms with E-state index < -0.39 is 0 Å². The number of amides is 1. The zero-order chi connectivity index (χ0) is 14.5. The molecule has 0 radical (unpaired) electrons. The molecule has 0 saturated heterocycles. The summed E-state index contributed by atoms with van der Waals surface area (Å²) < 4.78 is 0.977. The van der Waals surface area contributed by atoms with Crippen molar-refractivity contribution >= 4 is 27.7 Å². The minimum atomic E-state index is -0.213. The number of carbonyl (C=O) groups is 1. The Hall–Kier alpha value is -1.99. The number of anilines is 1. The predicted octanol–water partition coefficient (Wildman–Crippen LogP) is 1.80. The minimum Gasteiger partial charge on any atom is -0.336 e. The van der Waals surface area contributed by atoms with Crippen molar-refractivity contribution in [2.24, 2.45) is 5.84 Å². The van der Waals surface area contributed by atoms with Crippen LogP contribution in [0.2, 0.25) is 0 Å². The summed E-state index contributed by atoms with van der Waals surface area (Å²) in [5.74, 6) is 5.39. The molecule has 0 saturated carbocycles. The number of nitrogens with two attached hydrogens (primary N) is 1. The van der Waals surface area contributed by atoms with E-state index in [0.29, 0.717) is 12.4 Å². The monoisotopic (exact) mass is 335 g/mol. The lowest BCUT2D eigenvalue weighted by atomic mass is 10.2. The maximum atomic E-state index is 12.2. The largest absolute Gasteiger partial charge is 0.336 e. The van der Waals surface area contributed by atoms with Crippen LogP contribution in [0.5, 0.6) is 0 Å². The molecule has 1 amide bonds. The number of hydrogen-bond acceptors (Lipinski definition) is 5. The minimum absolute atomic E-state index is 0.213. The van der Waals surface area contributed by atoms with Crippen LogP contribution in [0.3, 0.4) is 0 Å². The predicted molar refractivity (Wildman–Crippen MR) is 79.8 cm³/mol. The standard InChI is InChI=1S/C13H14BrN5O/c1-19(8-9-3-2-4-10(14)5-9)13(20)11-6-16-7-12(17-11)18-15/h2-7H,8,15H2,1H3,(H,17,18). The Morgan fingerprint density at radius 2 is 2.25 bits per heavy atom. The van der Waals surface area contributed by atoms with E-state index in [4.69, 9.17) is 5.84 Å². The van der Waals surface area contributed by atoms with Gasteiger partial charge in [0.15, 0.2) is 5.82 Å². The van der Waals surface area contributed by atoms with Crippen LogP contribution in [0, 0.1) is 0 Å². The molecule has 6 nitrogen and oxygen atoms in total. The van der Waals surface area contributed by atoms with E-state index in [9.17, 15) is 4.79 Å². The number of nitrogens with zero attached hydrogens (tertiary/aromatic N) is 3. The number of nitrogen functional groups attached to an aromatic ring is 1. The maximum Gasteiger partial charge on any atom is 0.274 e. The van der Waals surface area contributed by atoms with Gasteiger partial charge in [0.05, 0.1) is 12.4 Å². The molecule has 1 aromatic carbocycles. The topological polar surface area (TPSA) is 84.1 Å². The fraction of sp³-hybridized carbons (Fsp3) is 0.154. The summed E-state index contributed by atoms with van der Waals surface area (Å²) in [7, 11) is 1.72. The molecular formula is C13H14BrN5O. The molecule has 2 rings (SSSR count). The summed E-state index contributed by atoms with van der Waals surface area (Å²) in [6.07, 6.45) is 2.87. The lowest BCUT2D eigenvalue weighted by Crippen LogP contribution is -2.27. The first-order valence-electron chi connectivity index (χ1n) is 5.88. The number of hydrazine groups is 1. The number of nitrogens with one attached hydrogen (secondary N) is 1. The first-order valence-corrected chi connectivity index (χ1v) is 6.68. The maximum absolute atomic E-state index is 12.2. The first kappa shape index (κ1) is 14.4. The van der Waals surface area contributed by atoms with Gasteiger partial charge in [-0.25, -0.2) is 10.8 Å². The van der Waals surface area contributed by atoms with Crippen molar-refractivity contribution in [1.29, 1.82) is 0 Å². The molecule has 0 aliphatic rings. The molecule has 20 heavy (non-hydrogen) atoms. The summed E-state index contributed by atoms with van der Waals surface area (Å²) in [5.41, 5.74) is 3.64. The van der Waals surface area contributed by atoms with Crippen molar-refractivity contribution in [1.82, 2.24) is 14.9 Å². The number of benzene rings is 1. The fourth-order valence-electron chi connectivity index (χ4n) is 1.72. The number of hydrogen-bond donors (Lipinski definition) is 2. The van der Waals surface area contributed by atoms with E-state index in [1.807, 2.05) is 24.3 Å². The van der Waals surface area contributed by atoms with Gasteiger partial charge in [-0.3, -0.25) is 9.78 Å². The van der Waals surface area contributed by atoms with E-state index in [1.165, 1.54) is 12.4 Å². The number of carbonyl (C=O) groups excluding carboxylic acids is 1. The van der Waals surface area contributed by atoms with E-state index in [1.54, 1.807) is 11.9 Å². The molecule has 0 spiro atoms. The Labute approximate surface area is 125 Å². The van der Waals surface area contributed by atoms with Crippen molar-refractivity contribution in [3.8, 4) is 0 Å². The molecule has 0 aliphatic heterocycles. The van der Waals surface area contributed by atoms with Gasteiger partial charge < -0.3 is 10.3 Å². The number of aromatic nitrogens is 2.